The Morgan fingerprint density at radius 1 is 1.05 bits per heavy atom. The summed E-state index contributed by atoms with van der Waals surface area (Å²) in [6, 6.07) is 4.78. The minimum Gasteiger partial charge on any atom is -0.377 e. The van der Waals surface area contributed by atoms with Crippen molar-refractivity contribution in [3.05, 3.63) is 34.4 Å². The molecule has 0 bridgehead atoms. The zero-order chi connectivity index (χ0) is 15.3. The number of hydrogen-bond acceptors (Lipinski definition) is 2. The van der Waals surface area contributed by atoms with E-state index in [4.69, 9.17) is 4.74 Å². The van der Waals surface area contributed by atoms with Crippen LogP contribution in [0.4, 0.5) is 0 Å². The molecule has 0 aliphatic rings. The molecule has 1 aromatic rings. The van der Waals surface area contributed by atoms with Crippen molar-refractivity contribution < 1.29 is 4.74 Å². The van der Waals surface area contributed by atoms with Crippen molar-refractivity contribution in [2.45, 2.75) is 60.1 Å². The molecule has 0 amide bonds. The largest absolute Gasteiger partial charge is 0.377 e. The summed E-state index contributed by atoms with van der Waals surface area (Å²) in [6.45, 7) is 13.9. The maximum absolute atomic E-state index is 6.04. The van der Waals surface area contributed by atoms with Crippen LogP contribution in [-0.2, 0) is 4.74 Å². The molecule has 0 heterocycles. The Bertz CT molecular complexity index is 402. The minimum absolute atomic E-state index is 0.269. The summed E-state index contributed by atoms with van der Waals surface area (Å²) in [7, 11) is 2.01. The fourth-order valence-corrected chi connectivity index (χ4v) is 3.04. The Hall–Kier alpha value is -0.860. The molecule has 0 aliphatic heterocycles. The quantitative estimate of drug-likeness (QED) is 0.801. The maximum Gasteiger partial charge on any atom is 0.0665 e. The molecule has 114 valence electrons. The van der Waals surface area contributed by atoms with Gasteiger partial charge in [0.1, 0.15) is 0 Å². The average molecular weight is 277 g/mol. The van der Waals surface area contributed by atoms with E-state index < -0.39 is 0 Å². The molecule has 0 aliphatic carbocycles. The van der Waals surface area contributed by atoms with Gasteiger partial charge in [-0.1, -0.05) is 31.5 Å². The van der Waals surface area contributed by atoms with Gasteiger partial charge >= 0.3 is 0 Å². The van der Waals surface area contributed by atoms with Crippen molar-refractivity contribution in [2.24, 2.45) is 5.92 Å². The van der Waals surface area contributed by atoms with Crippen molar-refractivity contribution in [3.8, 4) is 0 Å². The lowest BCUT2D eigenvalue weighted by molar-refractivity contribution is 0.0381. The van der Waals surface area contributed by atoms with Crippen LogP contribution in [0.1, 0.15) is 55.5 Å². The Balaban J connectivity index is 2.77. The van der Waals surface area contributed by atoms with Crippen LogP contribution in [-0.4, -0.2) is 19.8 Å². The fraction of sp³-hybridized carbons (Fsp3) is 0.667. The van der Waals surface area contributed by atoms with Gasteiger partial charge in [-0.3, -0.25) is 0 Å². The van der Waals surface area contributed by atoms with E-state index in [1.807, 2.05) is 7.05 Å². The SMILES string of the molecule is CNC(COC(C)CC(C)C)c1c(C)cc(C)cc1C. The normalized spacial score (nSPS) is 14.6. The number of rotatable bonds is 7. The first kappa shape index (κ1) is 17.2. The number of aryl methyl sites for hydroxylation is 3. The van der Waals surface area contributed by atoms with Crippen LogP contribution in [0, 0.1) is 26.7 Å². The lowest BCUT2D eigenvalue weighted by Gasteiger charge is -2.24. The zero-order valence-corrected chi connectivity index (χ0v) is 14.2. The second kappa shape index (κ2) is 7.80. The van der Waals surface area contributed by atoms with Crippen molar-refractivity contribution >= 4 is 0 Å². The first-order valence-corrected chi connectivity index (χ1v) is 7.71. The molecule has 0 spiro atoms. The third-order valence-corrected chi connectivity index (χ3v) is 3.79. The van der Waals surface area contributed by atoms with Crippen LogP contribution >= 0.6 is 0 Å². The van der Waals surface area contributed by atoms with Crippen LogP contribution in [0.25, 0.3) is 0 Å². The van der Waals surface area contributed by atoms with E-state index >= 15 is 0 Å². The van der Waals surface area contributed by atoms with Crippen molar-refractivity contribution in [1.82, 2.24) is 5.32 Å². The molecule has 0 saturated heterocycles. The van der Waals surface area contributed by atoms with E-state index in [0.29, 0.717) is 12.0 Å². The van der Waals surface area contributed by atoms with E-state index in [9.17, 15) is 0 Å². The molecule has 20 heavy (non-hydrogen) atoms. The highest BCUT2D eigenvalue weighted by atomic mass is 16.5. The third-order valence-electron chi connectivity index (χ3n) is 3.79. The molecule has 2 heteroatoms. The van der Waals surface area contributed by atoms with Gasteiger partial charge in [-0.15, -0.1) is 0 Å². The van der Waals surface area contributed by atoms with E-state index in [2.05, 4.69) is 59.0 Å². The second-order valence-electron chi connectivity index (χ2n) is 6.43. The van der Waals surface area contributed by atoms with E-state index in [-0.39, 0.29) is 6.04 Å². The van der Waals surface area contributed by atoms with Crippen molar-refractivity contribution in [1.29, 1.82) is 0 Å². The van der Waals surface area contributed by atoms with Crippen LogP contribution in [0.5, 0.6) is 0 Å². The lowest BCUT2D eigenvalue weighted by Crippen LogP contribution is -2.26. The molecular weight excluding hydrogens is 246 g/mol. The first-order chi connectivity index (χ1) is 9.35. The van der Waals surface area contributed by atoms with Crippen molar-refractivity contribution in [3.63, 3.8) is 0 Å². The van der Waals surface area contributed by atoms with Gasteiger partial charge in [-0.25, -0.2) is 0 Å². The minimum atomic E-state index is 0.269. The number of ether oxygens (including phenoxy) is 1. The smallest absolute Gasteiger partial charge is 0.0665 e. The number of likely N-dealkylation sites (N-methyl/N-ethyl adjacent to an activating group) is 1. The van der Waals surface area contributed by atoms with Crippen molar-refractivity contribution in [2.75, 3.05) is 13.7 Å². The topological polar surface area (TPSA) is 21.3 Å². The van der Waals surface area contributed by atoms with Gasteiger partial charge in [-0.05, 0) is 63.8 Å². The molecule has 1 rings (SSSR count). The molecule has 1 N–H and O–H groups in total. The van der Waals surface area contributed by atoms with Crippen LogP contribution < -0.4 is 5.32 Å². The van der Waals surface area contributed by atoms with Crippen LogP contribution in [0.2, 0.25) is 0 Å². The molecule has 0 aromatic heterocycles. The third kappa shape index (κ3) is 4.92. The summed E-state index contributed by atoms with van der Waals surface area (Å²) in [5.74, 6) is 0.681. The highest BCUT2D eigenvalue weighted by Crippen LogP contribution is 2.24. The van der Waals surface area contributed by atoms with Gasteiger partial charge in [0.2, 0.25) is 0 Å². The molecule has 0 radical (unpaired) electrons. The summed E-state index contributed by atoms with van der Waals surface area (Å²) in [5.41, 5.74) is 5.41. The number of nitrogens with one attached hydrogen (secondary N) is 1. The number of hydrogen-bond donors (Lipinski definition) is 1. The number of benzene rings is 1. The van der Waals surface area contributed by atoms with E-state index in [1.165, 1.54) is 22.3 Å². The zero-order valence-electron chi connectivity index (χ0n) is 14.2. The molecule has 2 nitrogen and oxygen atoms in total. The monoisotopic (exact) mass is 277 g/mol. The maximum atomic E-state index is 6.04. The van der Waals surface area contributed by atoms with Gasteiger partial charge in [0.05, 0.1) is 18.8 Å². The molecule has 0 fully saturated rings. The Morgan fingerprint density at radius 3 is 2.05 bits per heavy atom. The molecule has 0 saturated carbocycles. The summed E-state index contributed by atoms with van der Waals surface area (Å²) < 4.78 is 6.04. The predicted molar refractivity (Wildman–Crippen MR) is 87.3 cm³/mol. The first-order valence-electron chi connectivity index (χ1n) is 7.71. The van der Waals surface area contributed by atoms with Gasteiger partial charge in [-0.2, -0.15) is 0 Å². The standard InChI is InChI=1S/C18H31NO/c1-12(2)8-16(6)20-11-17(19-7)18-14(4)9-13(3)10-15(18)5/h9-10,12,16-17,19H,8,11H2,1-7H3. The van der Waals surface area contributed by atoms with Gasteiger partial charge in [0, 0.05) is 0 Å². The van der Waals surface area contributed by atoms with E-state index in [1.54, 1.807) is 0 Å². The summed E-state index contributed by atoms with van der Waals surface area (Å²) >= 11 is 0. The summed E-state index contributed by atoms with van der Waals surface area (Å²) in [4.78, 5) is 0. The Kier molecular flexibility index (Phi) is 6.70. The van der Waals surface area contributed by atoms with Gasteiger partial charge in [0.15, 0.2) is 0 Å². The van der Waals surface area contributed by atoms with E-state index in [0.717, 1.165) is 13.0 Å². The van der Waals surface area contributed by atoms with Crippen LogP contribution in [0.3, 0.4) is 0 Å². The molecular formula is C18H31NO. The Labute approximate surface area is 124 Å². The molecule has 1 aromatic carbocycles. The van der Waals surface area contributed by atoms with Gasteiger partial charge < -0.3 is 10.1 Å². The summed E-state index contributed by atoms with van der Waals surface area (Å²) in [5, 5.41) is 3.40. The lowest BCUT2D eigenvalue weighted by atomic mass is 9.94. The Morgan fingerprint density at radius 2 is 1.60 bits per heavy atom. The average Bonchev–Trinajstić information content (AvgIpc) is 2.31. The highest BCUT2D eigenvalue weighted by Gasteiger charge is 2.16. The predicted octanol–water partition coefficient (Wildman–Crippen LogP) is 4.32. The van der Waals surface area contributed by atoms with Gasteiger partial charge in [0.25, 0.3) is 0 Å². The fourth-order valence-electron chi connectivity index (χ4n) is 3.04. The second-order valence-corrected chi connectivity index (χ2v) is 6.43. The highest BCUT2D eigenvalue weighted by molar-refractivity contribution is 5.39. The summed E-state index contributed by atoms with van der Waals surface area (Å²) in [6.07, 6.45) is 1.43. The molecule has 2 unspecified atom stereocenters. The molecule has 2 atom stereocenters. The van der Waals surface area contributed by atoms with Crippen LogP contribution in [0.15, 0.2) is 12.1 Å².